The maximum absolute atomic E-state index is 14.2. The van der Waals surface area contributed by atoms with E-state index in [-0.39, 0.29) is 36.4 Å². The molecule has 1 amide bonds. The molecule has 2 aromatic rings. The molecule has 1 aliphatic rings. The molecule has 0 unspecified atom stereocenters. The zero-order valence-corrected chi connectivity index (χ0v) is 16.4. The number of halogens is 2. The van der Waals surface area contributed by atoms with Crippen molar-refractivity contribution in [3.8, 4) is 17.2 Å². The summed E-state index contributed by atoms with van der Waals surface area (Å²) in [6, 6.07) is 9.24. The molecule has 28 heavy (non-hydrogen) atoms. The number of aliphatic hydroxyl groups is 1. The second-order valence-corrected chi connectivity index (χ2v) is 6.48. The van der Waals surface area contributed by atoms with Gasteiger partial charge >= 0.3 is 0 Å². The summed E-state index contributed by atoms with van der Waals surface area (Å²) in [7, 11) is 1.47. The standard InChI is InChI=1S/C20H23FN2O4.ClH/c1-26-18-7-5-14(20(25)23-8-2-3-15(24)12-23)10-19(18)27-17-6-4-13(11-22)9-16(17)21;/h4-7,9-10,15,24H,2-3,8,11-12,22H2,1H3;1H/t15-;/m0./s1. The Hall–Kier alpha value is -2.35. The first kappa shape index (κ1) is 21.9. The van der Waals surface area contributed by atoms with Gasteiger partial charge in [-0.3, -0.25) is 4.79 Å². The maximum Gasteiger partial charge on any atom is 0.254 e. The van der Waals surface area contributed by atoms with Gasteiger partial charge in [0.05, 0.1) is 13.2 Å². The zero-order valence-electron chi connectivity index (χ0n) is 15.6. The molecule has 0 bridgehead atoms. The van der Waals surface area contributed by atoms with Crippen molar-refractivity contribution in [2.45, 2.75) is 25.5 Å². The number of carbonyl (C=O) groups is 1. The zero-order chi connectivity index (χ0) is 19.4. The van der Waals surface area contributed by atoms with Gasteiger partial charge in [0.1, 0.15) is 0 Å². The van der Waals surface area contributed by atoms with Crippen molar-refractivity contribution in [2.75, 3.05) is 20.2 Å². The van der Waals surface area contributed by atoms with Gasteiger partial charge in [-0.25, -0.2) is 4.39 Å². The monoisotopic (exact) mass is 410 g/mol. The first-order valence-corrected chi connectivity index (χ1v) is 8.83. The lowest BCUT2D eigenvalue weighted by Crippen LogP contribution is -2.42. The number of carbonyl (C=O) groups excluding carboxylic acids is 1. The lowest BCUT2D eigenvalue weighted by atomic mass is 10.1. The number of likely N-dealkylation sites (tertiary alicyclic amines) is 1. The SMILES string of the molecule is COc1ccc(C(=O)N2CCC[C@H](O)C2)cc1Oc1ccc(CN)cc1F.Cl. The molecular weight excluding hydrogens is 387 g/mol. The summed E-state index contributed by atoms with van der Waals surface area (Å²) in [5, 5.41) is 9.79. The highest BCUT2D eigenvalue weighted by Gasteiger charge is 2.24. The normalized spacial score (nSPS) is 16.3. The molecule has 1 fully saturated rings. The van der Waals surface area contributed by atoms with Gasteiger partial charge in [-0.05, 0) is 48.7 Å². The molecule has 0 saturated carbocycles. The smallest absolute Gasteiger partial charge is 0.254 e. The van der Waals surface area contributed by atoms with E-state index in [1.165, 1.54) is 25.3 Å². The molecule has 0 radical (unpaired) electrons. The summed E-state index contributed by atoms with van der Waals surface area (Å²) in [5.74, 6) is -0.118. The van der Waals surface area contributed by atoms with Gasteiger partial charge in [0, 0.05) is 25.2 Å². The van der Waals surface area contributed by atoms with Crippen molar-refractivity contribution >= 4 is 18.3 Å². The predicted molar refractivity (Wildman–Crippen MR) is 106 cm³/mol. The van der Waals surface area contributed by atoms with E-state index in [2.05, 4.69) is 0 Å². The van der Waals surface area contributed by atoms with E-state index in [0.717, 1.165) is 6.42 Å². The minimum atomic E-state index is -0.545. The lowest BCUT2D eigenvalue weighted by molar-refractivity contribution is 0.0473. The Labute approximate surface area is 169 Å². The van der Waals surface area contributed by atoms with Gasteiger partial charge in [-0.2, -0.15) is 0 Å². The number of amides is 1. The Morgan fingerprint density at radius 1 is 1.25 bits per heavy atom. The highest BCUT2D eigenvalue weighted by atomic mass is 35.5. The molecule has 152 valence electrons. The number of methoxy groups -OCH3 is 1. The largest absolute Gasteiger partial charge is 0.493 e. The van der Waals surface area contributed by atoms with Crippen molar-refractivity contribution in [2.24, 2.45) is 5.73 Å². The molecule has 0 aliphatic carbocycles. The lowest BCUT2D eigenvalue weighted by Gasteiger charge is -2.30. The fraction of sp³-hybridized carbons (Fsp3) is 0.350. The third-order valence-electron chi connectivity index (χ3n) is 4.55. The number of benzene rings is 2. The Morgan fingerprint density at radius 3 is 2.64 bits per heavy atom. The first-order valence-electron chi connectivity index (χ1n) is 8.83. The van der Waals surface area contributed by atoms with Crippen molar-refractivity contribution in [3.63, 3.8) is 0 Å². The van der Waals surface area contributed by atoms with E-state index in [4.69, 9.17) is 15.2 Å². The van der Waals surface area contributed by atoms with Crippen LogP contribution in [0, 0.1) is 5.82 Å². The van der Waals surface area contributed by atoms with Crippen LogP contribution in [0.15, 0.2) is 36.4 Å². The van der Waals surface area contributed by atoms with Gasteiger partial charge in [0.2, 0.25) is 0 Å². The number of aliphatic hydroxyl groups excluding tert-OH is 1. The number of nitrogens with two attached hydrogens (primary N) is 1. The molecule has 8 heteroatoms. The fourth-order valence-electron chi connectivity index (χ4n) is 3.08. The minimum absolute atomic E-state index is 0. The summed E-state index contributed by atoms with van der Waals surface area (Å²) in [6.07, 6.45) is 0.941. The molecule has 6 nitrogen and oxygen atoms in total. The Morgan fingerprint density at radius 2 is 2.00 bits per heavy atom. The average molecular weight is 411 g/mol. The molecule has 2 aromatic carbocycles. The van der Waals surface area contributed by atoms with Gasteiger partial charge in [0.25, 0.3) is 5.91 Å². The van der Waals surface area contributed by atoms with Crippen LogP contribution in [0.1, 0.15) is 28.8 Å². The topological polar surface area (TPSA) is 85.0 Å². The fourth-order valence-corrected chi connectivity index (χ4v) is 3.08. The average Bonchev–Trinajstić information content (AvgIpc) is 2.68. The number of ether oxygens (including phenoxy) is 2. The maximum atomic E-state index is 14.2. The summed E-state index contributed by atoms with van der Waals surface area (Å²) in [4.78, 5) is 14.3. The van der Waals surface area contributed by atoms with Crippen molar-refractivity contribution in [3.05, 3.63) is 53.3 Å². The van der Waals surface area contributed by atoms with Gasteiger partial charge in [-0.15, -0.1) is 12.4 Å². The summed E-state index contributed by atoms with van der Waals surface area (Å²) in [6.45, 7) is 1.12. The second-order valence-electron chi connectivity index (χ2n) is 6.48. The van der Waals surface area contributed by atoms with Crippen LogP contribution in [0.25, 0.3) is 0 Å². The third-order valence-corrected chi connectivity index (χ3v) is 4.55. The second kappa shape index (κ2) is 9.73. The van der Waals surface area contributed by atoms with E-state index in [9.17, 15) is 14.3 Å². The van der Waals surface area contributed by atoms with Gasteiger partial charge in [0.15, 0.2) is 23.1 Å². The van der Waals surface area contributed by atoms with Gasteiger partial charge < -0.3 is 25.2 Å². The highest BCUT2D eigenvalue weighted by Crippen LogP contribution is 2.34. The summed E-state index contributed by atoms with van der Waals surface area (Å²) >= 11 is 0. The molecule has 1 heterocycles. The van der Waals surface area contributed by atoms with Crippen molar-refractivity contribution in [1.29, 1.82) is 0 Å². The Bertz CT molecular complexity index is 834. The van der Waals surface area contributed by atoms with E-state index < -0.39 is 11.9 Å². The van der Waals surface area contributed by atoms with Crippen LogP contribution >= 0.6 is 12.4 Å². The van der Waals surface area contributed by atoms with Gasteiger partial charge in [-0.1, -0.05) is 6.07 Å². The molecule has 0 aromatic heterocycles. The van der Waals surface area contributed by atoms with E-state index in [0.29, 0.717) is 36.4 Å². The number of β-amino-alcohol motifs (C(OH)–C–C–N with tert-alkyl or cyclic N) is 1. The van der Waals surface area contributed by atoms with Crippen molar-refractivity contribution in [1.82, 2.24) is 4.90 Å². The van der Waals surface area contributed by atoms with Crippen LogP contribution < -0.4 is 15.2 Å². The van der Waals surface area contributed by atoms with Crippen LogP contribution in [0.3, 0.4) is 0 Å². The van der Waals surface area contributed by atoms with E-state index >= 15 is 0 Å². The molecule has 1 aliphatic heterocycles. The van der Waals surface area contributed by atoms with E-state index in [1.807, 2.05) is 0 Å². The quantitative estimate of drug-likeness (QED) is 0.791. The molecule has 1 atom stereocenters. The molecule has 3 rings (SSSR count). The minimum Gasteiger partial charge on any atom is -0.493 e. The Balaban J connectivity index is 0.00000280. The summed E-state index contributed by atoms with van der Waals surface area (Å²) in [5.41, 5.74) is 6.55. The number of hydrogen-bond acceptors (Lipinski definition) is 5. The van der Waals surface area contributed by atoms with Crippen molar-refractivity contribution < 1.29 is 23.8 Å². The first-order chi connectivity index (χ1) is 13.0. The predicted octanol–water partition coefficient (Wildman–Crippen LogP) is 3.10. The third kappa shape index (κ3) is 4.92. The van der Waals surface area contributed by atoms with Crippen LogP contribution in [0.4, 0.5) is 4.39 Å². The van der Waals surface area contributed by atoms with E-state index in [1.54, 1.807) is 23.1 Å². The molecule has 1 saturated heterocycles. The van der Waals surface area contributed by atoms with Crippen LogP contribution in [-0.2, 0) is 6.54 Å². The van der Waals surface area contributed by atoms with Crippen LogP contribution in [-0.4, -0.2) is 42.2 Å². The number of hydrogen-bond donors (Lipinski definition) is 2. The number of piperidine rings is 1. The van der Waals surface area contributed by atoms with Crippen LogP contribution in [0.2, 0.25) is 0 Å². The highest BCUT2D eigenvalue weighted by molar-refractivity contribution is 5.95. The summed E-state index contributed by atoms with van der Waals surface area (Å²) < 4.78 is 25.2. The molecule has 0 spiro atoms. The number of rotatable bonds is 5. The Kier molecular flexibility index (Phi) is 7.62. The number of nitrogens with zero attached hydrogens (tertiary/aromatic N) is 1. The van der Waals surface area contributed by atoms with Crippen LogP contribution in [0.5, 0.6) is 17.2 Å². The molecular formula is C20H24ClFN2O4. The molecule has 3 N–H and O–H groups in total.